The van der Waals surface area contributed by atoms with Crippen LogP contribution in [0.5, 0.6) is 0 Å². The maximum atomic E-state index is 12.1. The molecule has 3 aromatic rings. The Bertz CT molecular complexity index is 936. The molecule has 2 aromatic carbocycles. The van der Waals surface area contributed by atoms with Gasteiger partial charge in [-0.3, -0.25) is 0 Å². The molecule has 3 rings (SSSR count). The van der Waals surface area contributed by atoms with Gasteiger partial charge < -0.3 is 4.42 Å². The van der Waals surface area contributed by atoms with Crippen molar-refractivity contribution in [3.8, 4) is 0 Å². The second-order valence-electron chi connectivity index (χ2n) is 7.70. The molecule has 0 bridgehead atoms. The van der Waals surface area contributed by atoms with Crippen LogP contribution in [-0.2, 0) is 6.42 Å². The first-order valence-electron chi connectivity index (χ1n) is 10.8. The van der Waals surface area contributed by atoms with Crippen LogP contribution in [0.1, 0.15) is 62.5 Å². The minimum atomic E-state index is -0.284. The van der Waals surface area contributed by atoms with Crippen molar-refractivity contribution in [3.63, 3.8) is 0 Å². The molecule has 0 aliphatic carbocycles. The lowest BCUT2D eigenvalue weighted by molar-refractivity contribution is 0.401. The zero-order valence-corrected chi connectivity index (χ0v) is 18.2. The number of hydrogen-bond donors (Lipinski definition) is 0. The largest absolute Gasteiger partial charge is 0.397 e. The summed E-state index contributed by atoms with van der Waals surface area (Å²) in [4.78, 5) is 16.6. The summed E-state index contributed by atoms with van der Waals surface area (Å²) in [5.41, 5.74) is 2.94. The summed E-state index contributed by atoms with van der Waals surface area (Å²) in [6.45, 7) is 1.96. The maximum Gasteiger partial charge on any atom is 0.347 e. The number of thioether (sulfide) groups is 1. The third-order valence-electron chi connectivity index (χ3n) is 5.19. The van der Waals surface area contributed by atoms with Gasteiger partial charge in [0.1, 0.15) is 0 Å². The smallest absolute Gasteiger partial charge is 0.347 e. The molecular formula is C25H31NO2S. The van der Waals surface area contributed by atoms with Gasteiger partial charge in [0.2, 0.25) is 0 Å². The molecule has 1 heterocycles. The molecule has 0 unspecified atom stereocenters. The summed E-state index contributed by atoms with van der Waals surface area (Å²) < 4.78 is 5.36. The maximum absolute atomic E-state index is 12.1. The number of hydrogen-bond acceptors (Lipinski definition) is 4. The molecule has 0 saturated carbocycles. The molecule has 29 heavy (non-hydrogen) atoms. The van der Waals surface area contributed by atoms with E-state index in [1.165, 1.54) is 56.9 Å². The highest BCUT2D eigenvalue weighted by molar-refractivity contribution is 7.99. The van der Waals surface area contributed by atoms with Crippen molar-refractivity contribution >= 4 is 22.7 Å². The lowest BCUT2D eigenvalue weighted by Gasteiger charge is -2.04. The Kier molecular flexibility index (Phi) is 8.82. The first kappa shape index (κ1) is 21.6. The zero-order chi connectivity index (χ0) is 20.3. The Hall–Kier alpha value is -2.07. The van der Waals surface area contributed by atoms with E-state index in [0.29, 0.717) is 10.6 Å². The van der Waals surface area contributed by atoms with Crippen LogP contribution >= 0.6 is 11.8 Å². The summed E-state index contributed by atoms with van der Waals surface area (Å²) in [6.07, 6.45) is 11.5. The van der Waals surface area contributed by atoms with Crippen LogP contribution in [0.25, 0.3) is 10.9 Å². The monoisotopic (exact) mass is 409 g/mol. The predicted octanol–water partition coefficient (Wildman–Crippen LogP) is 6.95. The van der Waals surface area contributed by atoms with Crippen LogP contribution in [0, 0.1) is 6.92 Å². The molecule has 0 amide bonds. The number of benzene rings is 2. The van der Waals surface area contributed by atoms with E-state index in [0.717, 1.165) is 23.3 Å². The van der Waals surface area contributed by atoms with Gasteiger partial charge in [0.15, 0.2) is 0 Å². The minimum absolute atomic E-state index is 0.284. The fraction of sp³-hybridized carbons (Fsp3) is 0.440. The summed E-state index contributed by atoms with van der Waals surface area (Å²) in [7, 11) is 0. The highest BCUT2D eigenvalue weighted by atomic mass is 32.2. The average molecular weight is 410 g/mol. The van der Waals surface area contributed by atoms with Crippen molar-refractivity contribution in [3.05, 3.63) is 70.1 Å². The predicted molar refractivity (Wildman–Crippen MR) is 123 cm³/mol. The van der Waals surface area contributed by atoms with E-state index in [2.05, 4.69) is 35.3 Å². The number of fused-ring (bicyclic) bond motifs is 1. The van der Waals surface area contributed by atoms with Crippen LogP contribution in [0.2, 0.25) is 0 Å². The number of aryl methyl sites for hydroxylation is 2. The number of rotatable bonds is 12. The van der Waals surface area contributed by atoms with E-state index in [4.69, 9.17) is 4.42 Å². The van der Waals surface area contributed by atoms with Crippen LogP contribution < -0.4 is 5.63 Å². The Morgan fingerprint density at radius 2 is 1.55 bits per heavy atom. The van der Waals surface area contributed by atoms with Crippen molar-refractivity contribution in [2.45, 2.75) is 69.9 Å². The van der Waals surface area contributed by atoms with Gasteiger partial charge in [-0.05, 0) is 43.9 Å². The van der Waals surface area contributed by atoms with Gasteiger partial charge >= 0.3 is 5.63 Å². The van der Waals surface area contributed by atoms with E-state index in [-0.39, 0.29) is 5.63 Å². The third-order valence-corrected chi connectivity index (χ3v) is 6.11. The van der Waals surface area contributed by atoms with Gasteiger partial charge in [-0.2, -0.15) is 0 Å². The van der Waals surface area contributed by atoms with Crippen LogP contribution in [0.3, 0.4) is 0 Å². The van der Waals surface area contributed by atoms with E-state index >= 15 is 0 Å². The molecule has 1 aromatic heterocycles. The lowest BCUT2D eigenvalue weighted by atomic mass is 10.0. The zero-order valence-electron chi connectivity index (χ0n) is 17.4. The first-order chi connectivity index (χ1) is 14.2. The number of aromatic nitrogens is 1. The molecular weight excluding hydrogens is 378 g/mol. The van der Waals surface area contributed by atoms with Crippen LogP contribution in [-0.4, -0.2) is 10.7 Å². The van der Waals surface area contributed by atoms with Gasteiger partial charge in [-0.15, -0.1) is 0 Å². The standard InChI is InChI=1S/C25H31NO2S/c1-20-16-17-23-22(19-20)24(27)28-25(26-23)29-18-12-7-5-3-2-4-6-9-13-21-14-10-8-11-15-21/h8,10-11,14-17,19H,2-7,9,12-13,18H2,1H3. The van der Waals surface area contributed by atoms with Gasteiger partial charge in [-0.25, -0.2) is 9.78 Å². The van der Waals surface area contributed by atoms with E-state index in [9.17, 15) is 4.79 Å². The topological polar surface area (TPSA) is 43.1 Å². The second-order valence-corrected chi connectivity index (χ2v) is 8.75. The number of unbranched alkanes of at least 4 members (excludes halogenated alkanes) is 7. The van der Waals surface area contributed by atoms with E-state index in [1.54, 1.807) is 11.8 Å². The van der Waals surface area contributed by atoms with Gasteiger partial charge in [0.25, 0.3) is 5.22 Å². The second kappa shape index (κ2) is 11.8. The first-order valence-corrected chi connectivity index (χ1v) is 11.8. The quantitative estimate of drug-likeness (QED) is 0.240. The highest BCUT2D eigenvalue weighted by Crippen LogP contribution is 2.20. The van der Waals surface area contributed by atoms with Crippen molar-refractivity contribution in [1.29, 1.82) is 0 Å². The van der Waals surface area contributed by atoms with E-state index in [1.807, 2.05) is 25.1 Å². The SMILES string of the molecule is Cc1ccc2nc(SCCCCCCCCCCc3ccccc3)oc(=O)c2c1. The number of nitrogens with zero attached hydrogens (tertiary/aromatic N) is 1. The van der Waals surface area contributed by atoms with Gasteiger partial charge in [-0.1, -0.05) is 92.2 Å². The fourth-order valence-corrected chi connectivity index (χ4v) is 4.34. The molecule has 0 spiro atoms. The van der Waals surface area contributed by atoms with E-state index < -0.39 is 0 Å². The molecule has 154 valence electrons. The molecule has 0 atom stereocenters. The average Bonchev–Trinajstić information content (AvgIpc) is 2.73. The molecule has 0 N–H and O–H groups in total. The Labute approximate surface area is 177 Å². The van der Waals surface area contributed by atoms with Crippen molar-refractivity contribution in [2.75, 3.05) is 5.75 Å². The summed E-state index contributed by atoms with van der Waals surface area (Å²) in [5.74, 6) is 0.949. The molecule has 0 aliphatic rings. The Morgan fingerprint density at radius 3 is 2.31 bits per heavy atom. The van der Waals surface area contributed by atoms with Crippen molar-refractivity contribution in [1.82, 2.24) is 4.98 Å². The van der Waals surface area contributed by atoms with Gasteiger partial charge in [0, 0.05) is 5.75 Å². The van der Waals surface area contributed by atoms with Crippen LogP contribution in [0.4, 0.5) is 0 Å². The third kappa shape index (κ3) is 7.36. The Morgan fingerprint density at radius 1 is 0.862 bits per heavy atom. The molecule has 4 heteroatoms. The molecule has 0 radical (unpaired) electrons. The molecule has 0 saturated heterocycles. The highest BCUT2D eigenvalue weighted by Gasteiger charge is 2.07. The molecule has 0 aliphatic heterocycles. The summed E-state index contributed by atoms with van der Waals surface area (Å²) in [5, 5.41) is 1.06. The van der Waals surface area contributed by atoms with Crippen molar-refractivity contribution in [2.24, 2.45) is 0 Å². The van der Waals surface area contributed by atoms with Crippen molar-refractivity contribution < 1.29 is 4.42 Å². The minimum Gasteiger partial charge on any atom is -0.397 e. The fourth-order valence-electron chi connectivity index (χ4n) is 3.52. The molecule has 0 fully saturated rings. The lowest BCUT2D eigenvalue weighted by Crippen LogP contribution is -2.02. The molecule has 3 nitrogen and oxygen atoms in total. The summed E-state index contributed by atoms with van der Waals surface area (Å²) >= 11 is 1.55. The summed E-state index contributed by atoms with van der Waals surface area (Å²) in [6, 6.07) is 16.5. The van der Waals surface area contributed by atoms with Gasteiger partial charge in [0.05, 0.1) is 10.9 Å². The van der Waals surface area contributed by atoms with Crippen LogP contribution in [0.15, 0.2) is 63.0 Å². The normalized spacial score (nSPS) is 11.2. The Balaban J connectivity index is 1.23.